The van der Waals surface area contributed by atoms with Crippen molar-refractivity contribution in [1.29, 1.82) is 0 Å². The lowest BCUT2D eigenvalue weighted by molar-refractivity contribution is -0.156. The number of nitrogens with one attached hydrogen (secondary N) is 3. The molecule has 13 heteroatoms. The zero-order valence-electron chi connectivity index (χ0n) is 23.9. The number of carbonyl (C=O) groups is 5. The maximum absolute atomic E-state index is 12.8. The van der Waals surface area contributed by atoms with Crippen LogP contribution in [0.5, 0.6) is 0 Å². The minimum absolute atomic E-state index is 0.117. The van der Waals surface area contributed by atoms with Gasteiger partial charge in [0, 0.05) is 18.7 Å². The summed E-state index contributed by atoms with van der Waals surface area (Å²) in [6.45, 7) is 6.25. The fourth-order valence-corrected chi connectivity index (χ4v) is 4.19. The number of fused-ring (bicyclic) bond motifs is 1. The average Bonchev–Trinajstić information content (AvgIpc) is 3.45. The lowest BCUT2D eigenvalue weighted by Crippen LogP contribution is -2.42. The van der Waals surface area contributed by atoms with E-state index in [1.165, 1.54) is 11.8 Å². The summed E-state index contributed by atoms with van der Waals surface area (Å²) >= 11 is 0. The van der Waals surface area contributed by atoms with Gasteiger partial charge in [0.1, 0.15) is 37.2 Å². The molecule has 1 aliphatic rings. The molecule has 13 nitrogen and oxygen atoms in total. The lowest BCUT2D eigenvalue weighted by Gasteiger charge is -2.22. The van der Waals surface area contributed by atoms with Crippen LogP contribution in [0.4, 0.5) is 15.3 Å². The second-order valence-corrected chi connectivity index (χ2v) is 10.9. The van der Waals surface area contributed by atoms with Crippen molar-refractivity contribution in [3.63, 3.8) is 0 Å². The fraction of sp³-hybridized carbons (Fsp3) is 0.379. The van der Waals surface area contributed by atoms with Crippen molar-refractivity contribution in [1.82, 2.24) is 25.1 Å². The third-order valence-electron chi connectivity index (χ3n) is 6.16. The van der Waals surface area contributed by atoms with Crippen molar-refractivity contribution >= 4 is 46.6 Å². The number of aromatic amines is 1. The molecule has 0 saturated carbocycles. The van der Waals surface area contributed by atoms with Crippen LogP contribution in [0.15, 0.2) is 48.5 Å². The Bertz CT molecular complexity index is 1460. The van der Waals surface area contributed by atoms with E-state index in [-0.39, 0.29) is 19.7 Å². The minimum atomic E-state index is -0.903. The molecule has 3 aromatic rings. The number of para-hydroxylation sites is 2. The number of imidazole rings is 1. The second kappa shape index (κ2) is 12.7. The van der Waals surface area contributed by atoms with Crippen LogP contribution in [0.3, 0.4) is 0 Å². The highest BCUT2D eigenvalue weighted by Gasteiger charge is 2.37. The monoisotopic (exact) mass is 578 g/mol. The van der Waals surface area contributed by atoms with Crippen LogP contribution < -0.4 is 10.6 Å². The number of ether oxygens (including phenoxy) is 2. The van der Waals surface area contributed by atoms with Gasteiger partial charge in [-0.15, -0.1) is 0 Å². The number of anilines is 1. The van der Waals surface area contributed by atoms with E-state index in [9.17, 15) is 24.0 Å². The summed E-state index contributed by atoms with van der Waals surface area (Å²) in [7, 11) is 0. The maximum atomic E-state index is 12.8. The van der Waals surface area contributed by atoms with E-state index in [4.69, 9.17) is 9.47 Å². The van der Waals surface area contributed by atoms with Crippen LogP contribution in [0, 0.1) is 0 Å². The van der Waals surface area contributed by atoms with Gasteiger partial charge in [0.2, 0.25) is 5.91 Å². The molecule has 1 saturated heterocycles. The van der Waals surface area contributed by atoms with E-state index in [1.807, 2.05) is 24.3 Å². The Labute approximate surface area is 242 Å². The van der Waals surface area contributed by atoms with E-state index in [1.54, 1.807) is 45.0 Å². The van der Waals surface area contributed by atoms with Crippen LogP contribution >= 0.6 is 0 Å². The molecule has 1 aliphatic heterocycles. The van der Waals surface area contributed by atoms with Crippen molar-refractivity contribution < 1.29 is 33.4 Å². The quantitative estimate of drug-likeness (QED) is 0.244. The van der Waals surface area contributed by atoms with Gasteiger partial charge in [0.05, 0.1) is 11.0 Å². The standard InChI is InChI=1S/C29H34N6O7/c1-18(26(38)42-29(2,3)4)30-27(39)41-17-19-8-7-9-20(14-19)31-24(36)15-35-25(37)16-34(28(35)40)13-12-23-32-21-10-5-6-11-22(21)33-23/h5-11,14,18H,12-13,15-17H2,1-4H3,(H,30,39)(H,31,36)(H,32,33). The first-order valence-corrected chi connectivity index (χ1v) is 13.5. The van der Waals surface area contributed by atoms with Gasteiger partial charge in [0.15, 0.2) is 0 Å². The molecule has 1 aromatic heterocycles. The van der Waals surface area contributed by atoms with Crippen molar-refractivity contribution in [2.24, 2.45) is 0 Å². The molecule has 42 heavy (non-hydrogen) atoms. The summed E-state index contributed by atoms with van der Waals surface area (Å²) in [5.41, 5.74) is 1.98. The molecule has 4 rings (SSSR count). The Morgan fingerprint density at radius 1 is 1.10 bits per heavy atom. The van der Waals surface area contributed by atoms with E-state index in [2.05, 4.69) is 20.6 Å². The molecule has 0 bridgehead atoms. The van der Waals surface area contributed by atoms with Crippen LogP contribution in [0.1, 0.15) is 39.1 Å². The first kappa shape index (κ1) is 30.0. The number of rotatable bonds is 10. The van der Waals surface area contributed by atoms with E-state index >= 15 is 0 Å². The van der Waals surface area contributed by atoms with Gasteiger partial charge >= 0.3 is 18.1 Å². The second-order valence-electron chi connectivity index (χ2n) is 10.9. The van der Waals surface area contributed by atoms with Crippen molar-refractivity contribution in [2.45, 2.75) is 52.4 Å². The van der Waals surface area contributed by atoms with Gasteiger partial charge in [-0.3, -0.25) is 14.5 Å². The Morgan fingerprint density at radius 3 is 2.60 bits per heavy atom. The molecule has 2 heterocycles. The number of H-pyrrole nitrogens is 1. The minimum Gasteiger partial charge on any atom is -0.458 e. The zero-order chi connectivity index (χ0) is 30.4. The van der Waals surface area contributed by atoms with E-state index in [0.717, 1.165) is 15.9 Å². The van der Waals surface area contributed by atoms with Gasteiger partial charge in [-0.25, -0.2) is 19.4 Å². The number of esters is 1. The maximum Gasteiger partial charge on any atom is 0.408 e. The highest BCUT2D eigenvalue weighted by Crippen LogP contribution is 2.16. The fourth-order valence-electron chi connectivity index (χ4n) is 4.19. The molecule has 1 unspecified atom stereocenters. The Hall–Kier alpha value is -4.94. The Kier molecular flexibility index (Phi) is 9.09. The summed E-state index contributed by atoms with van der Waals surface area (Å²) in [6, 6.07) is 12.7. The van der Waals surface area contributed by atoms with Gasteiger partial charge in [-0.05, 0) is 57.5 Å². The third-order valence-corrected chi connectivity index (χ3v) is 6.16. The van der Waals surface area contributed by atoms with Crippen LogP contribution in [0.2, 0.25) is 0 Å². The number of hydrogen-bond donors (Lipinski definition) is 3. The molecule has 2 aromatic carbocycles. The molecular weight excluding hydrogens is 544 g/mol. The van der Waals surface area contributed by atoms with Crippen molar-refractivity contribution in [2.75, 3.05) is 25.0 Å². The van der Waals surface area contributed by atoms with Crippen LogP contribution in [0.25, 0.3) is 11.0 Å². The SMILES string of the molecule is CC(NC(=O)OCc1cccc(NC(=O)CN2C(=O)CN(CCc3nc4ccccc4[nH]3)C2=O)c1)C(=O)OC(C)(C)C. The number of carbonyl (C=O) groups excluding carboxylic acids is 5. The molecule has 0 radical (unpaired) electrons. The van der Waals surface area contributed by atoms with Gasteiger partial charge < -0.3 is 30.0 Å². The predicted molar refractivity (Wildman–Crippen MR) is 152 cm³/mol. The van der Waals surface area contributed by atoms with E-state index in [0.29, 0.717) is 23.5 Å². The molecule has 1 fully saturated rings. The Morgan fingerprint density at radius 2 is 1.86 bits per heavy atom. The molecule has 222 valence electrons. The molecule has 0 aliphatic carbocycles. The summed E-state index contributed by atoms with van der Waals surface area (Å²) in [6.07, 6.45) is -0.376. The number of amides is 5. The highest BCUT2D eigenvalue weighted by molar-refractivity contribution is 6.06. The Balaban J connectivity index is 1.24. The number of nitrogens with zero attached hydrogens (tertiary/aromatic N) is 3. The summed E-state index contributed by atoms with van der Waals surface area (Å²) in [4.78, 5) is 72.1. The number of hydrogen-bond acceptors (Lipinski definition) is 8. The number of benzene rings is 2. The third kappa shape index (κ3) is 8.05. The number of imide groups is 1. The van der Waals surface area contributed by atoms with Gasteiger partial charge in [-0.1, -0.05) is 24.3 Å². The normalized spacial score (nSPS) is 14.2. The molecule has 0 spiro atoms. The number of aromatic nitrogens is 2. The number of alkyl carbamates (subject to hydrolysis) is 1. The zero-order valence-corrected chi connectivity index (χ0v) is 23.9. The van der Waals surface area contributed by atoms with Crippen LogP contribution in [-0.4, -0.2) is 81.0 Å². The summed E-state index contributed by atoms with van der Waals surface area (Å²) in [5, 5.41) is 5.07. The van der Waals surface area contributed by atoms with Crippen LogP contribution in [-0.2, 0) is 36.9 Å². The topological polar surface area (TPSA) is 163 Å². The molecule has 1 atom stereocenters. The molecule has 5 amide bonds. The van der Waals surface area contributed by atoms with Gasteiger partial charge in [-0.2, -0.15) is 0 Å². The summed E-state index contributed by atoms with van der Waals surface area (Å²) in [5.74, 6) is -0.911. The number of urea groups is 1. The van der Waals surface area contributed by atoms with E-state index < -0.39 is 48.1 Å². The molecular formula is C29H34N6O7. The average molecular weight is 579 g/mol. The highest BCUT2D eigenvalue weighted by atomic mass is 16.6. The van der Waals surface area contributed by atoms with Crippen molar-refractivity contribution in [3.8, 4) is 0 Å². The lowest BCUT2D eigenvalue weighted by atomic mass is 10.2. The summed E-state index contributed by atoms with van der Waals surface area (Å²) < 4.78 is 10.4. The first-order valence-electron chi connectivity index (χ1n) is 13.5. The van der Waals surface area contributed by atoms with Gasteiger partial charge in [0.25, 0.3) is 5.91 Å². The smallest absolute Gasteiger partial charge is 0.408 e. The largest absolute Gasteiger partial charge is 0.458 e. The molecule has 3 N–H and O–H groups in total. The predicted octanol–water partition coefficient (Wildman–Crippen LogP) is 2.96. The first-order chi connectivity index (χ1) is 19.9. The van der Waals surface area contributed by atoms with Crippen molar-refractivity contribution in [3.05, 3.63) is 59.9 Å².